The Hall–Kier alpha value is -1.88. The number of guanidine groups is 1. The van der Waals surface area contributed by atoms with Crippen molar-refractivity contribution in [3.8, 4) is 0 Å². The minimum absolute atomic E-state index is 0. The molecule has 9 heteroatoms. The van der Waals surface area contributed by atoms with Crippen LogP contribution in [-0.4, -0.2) is 51.6 Å². The molecule has 2 amide bonds. The molecule has 0 saturated heterocycles. The molecule has 1 aromatic rings. The Morgan fingerprint density at radius 3 is 2.40 bits per heavy atom. The van der Waals surface area contributed by atoms with E-state index in [-0.39, 0.29) is 36.4 Å². The lowest BCUT2D eigenvalue weighted by Gasteiger charge is -2.12. The van der Waals surface area contributed by atoms with Crippen LogP contribution in [0.25, 0.3) is 0 Å². The maximum absolute atomic E-state index is 11.8. The van der Waals surface area contributed by atoms with Gasteiger partial charge in [0.05, 0.1) is 6.54 Å². The minimum Gasteiger partial charge on any atom is -0.385 e. The predicted octanol–water partition coefficient (Wildman–Crippen LogP) is 0.221. The largest absolute Gasteiger partial charge is 0.385 e. The van der Waals surface area contributed by atoms with Crippen molar-refractivity contribution in [2.75, 3.05) is 33.9 Å². The first kappa shape index (κ1) is 23.1. The number of nitrogens with one attached hydrogen (secondary N) is 3. The fourth-order valence-electron chi connectivity index (χ4n) is 1.87. The van der Waals surface area contributed by atoms with Crippen LogP contribution in [0.1, 0.15) is 22.3 Å². The molecule has 0 aromatic heterocycles. The Balaban J connectivity index is 0.00000576. The van der Waals surface area contributed by atoms with Crippen molar-refractivity contribution < 1.29 is 14.3 Å². The summed E-state index contributed by atoms with van der Waals surface area (Å²) in [5, 5.41) is 8.81. The van der Waals surface area contributed by atoms with Crippen LogP contribution in [0.4, 0.5) is 0 Å². The van der Waals surface area contributed by atoms with E-state index in [1.54, 1.807) is 26.3 Å². The first-order valence-electron chi connectivity index (χ1n) is 7.65. The number of rotatable bonds is 9. The average molecular weight is 463 g/mol. The number of benzene rings is 1. The SMILES string of the molecule is CN=C(NCCCOC)NCc1ccc(C(=O)NCC(N)=O)cc1.I. The molecule has 25 heavy (non-hydrogen) atoms. The molecular weight excluding hydrogens is 437 g/mol. The maximum Gasteiger partial charge on any atom is 0.251 e. The van der Waals surface area contributed by atoms with Crippen molar-refractivity contribution >= 4 is 41.8 Å². The van der Waals surface area contributed by atoms with Crippen molar-refractivity contribution in [1.29, 1.82) is 0 Å². The highest BCUT2D eigenvalue weighted by molar-refractivity contribution is 14.0. The van der Waals surface area contributed by atoms with E-state index in [1.165, 1.54) is 0 Å². The van der Waals surface area contributed by atoms with Gasteiger partial charge < -0.3 is 26.4 Å². The fourth-order valence-corrected chi connectivity index (χ4v) is 1.87. The summed E-state index contributed by atoms with van der Waals surface area (Å²) in [5.41, 5.74) is 6.46. The zero-order valence-electron chi connectivity index (χ0n) is 14.5. The van der Waals surface area contributed by atoms with Gasteiger partial charge in [0.2, 0.25) is 5.91 Å². The van der Waals surface area contributed by atoms with Gasteiger partial charge in [-0.25, -0.2) is 0 Å². The van der Waals surface area contributed by atoms with Crippen molar-refractivity contribution in [2.24, 2.45) is 10.7 Å². The summed E-state index contributed by atoms with van der Waals surface area (Å²) >= 11 is 0. The number of carbonyl (C=O) groups excluding carboxylic acids is 2. The number of amides is 2. The number of methoxy groups -OCH3 is 1. The lowest BCUT2D eigenvalue weighted by Crippen LogP contribution is -2.37. The van der Waals surface area contributed by atoms with Crippen molar-refractivity contribution in [1.82, 2.24) is 16.0 Å². The van der Waals surface area contributed by atoms with Gasteiger partial charge in [-0.15, -0.1) is 24.0 Å². The van der Waals surface area contributed by atoms with Gasteiger partial charge >= 0.3 is 0 Å². The zero-order chi connectivity index (χ0) is 17.8. The summed E-state index contributed by atoms with van der Waals surface area (Å²) in [7, 11) is 3.38. The first-order valence-corrected chi connectivity index (χ1v) is 7.65. The number of halogens is 1. The topological polar surface area (TPSA) is 118 Å². The molecule has 0 aliphatic heterocycles. The standard InChI is InChI=1S/C16H25N5O3.HI/c1-18-16(19-8-3-9-24-2)21-10-12-4-6-13(7-5-12)15(23)20-11-14(17)22;/h4-7H,3,8-11H2,1-2H3,(H2,17,22)(H,20,23)(H2,18,19,21);1H. The third-order valence-corrected chi connectivity index (χ3v) is 3.14. The molecule has 0 saturated carbocycles. The highest BCUT2D eigenvalue weighted by atomic mass is 127. The smallest absolute Gasteiger partial charge is 0.251 e. The monoisotopic (exact) mass is 463 g/mol. The summed E-state index contributed by atoms with van der Waals surface area (Å²) in [4.78, 5) is 26.6. The van der Waals surface area contributed by atoms with Crippen LogP contribution in [0.3, 0.4) is 0 Å². The number of nitrogens with two attached hydrogens (primary N) is 1. The van der Waals surface area contributed by atoms with Crippen LogP contribution < -0.4 is 21.7 Å². The Labute approximate surface area is 165 Å². The number of carbonyl (C=O) groups is 2. The second kappa shape index (κ2) is 13.4. The van der Waals surface area contributed by atoms with E-state index in [2.05, 4.69) is 20.9 Å². The Morgan fingerprint density at radius 1 is 1.16 bits per heavy atom. The predicted molar refractivity (Wildman–Crippen MR) is 108 cm³/mol. The normalized spacial score (nSPS) is 10.6. The summed E-state index contributed by atoms with van der Waals surface area (Å²) in [5.74, 6) is -0.202. The van der Waals surface area contributed by atoms with Crippen LogP contribution >= 0.6 is 24.0 Å². The summed E-state index contributed by atoms with van der Waals surface area (Å²) in [6.45, 7) is 1.87. The minimum atomic E-state index is -0.575. The molecule has 1 aromatic carbocycles. The first-order chi connectivity index (χ1) is 11.6. The van der Waals surface area contributed by atoms with Crippen LogP contribution in [0.5, 0.6) is 0 Å². The van der Waals surface area contributed by atoms with Gasteiger partial charge in [0.25, 0.3) is 5.91 Å². The number of primary amides is 1. The third kappa shape index (κ3) is 9.87. The Bertz CT molecular complexity index is 563. The van der Waals surface area contributed by atoms with E-state index in [0.29, 0.717) is 24.7 Å². The molecule has 1 rings (SSSR count). The van der Waals surface area contributed by atoms with E-state index in [4.69, 9.17) is 10.5 Å². The van der Waals surface area contributed by atoms with Crippen LogP contribution in [-0.2, 0) is 16.1 Å². The Morgan fingerprint density at radius 2 is 1.84 bits per heavy atom. The fraction of sp³-hybridized carbons (Fsp3) is 0.438. The molecule has 0 aliphatic carbocycles. The highest BCUT2D eigenvalue weighted by Crippen LogP contribution is 2.04. The third-order valence-electron chi connectivity index (χ3n) is 3.14. The van der Waals surface area contributed by atoms with E-state index >= 15 is 0 Å². The molecule has 0 aliphatic rings. The molecular formula is C16H26IN5O3. The van der Waals surface area contributed by atoms with Crippen LogP contribution in [0, 0.1) is 0 Å². The van der Waals surface area contributed by atoms with Gasteiger partial charge in [-0.3, -0.25) is 14.6 Å². The Kier molecular flexibility index (Phi) is 12.4. The van der Waals surface area contributed by atoms with Gasteiger partial charge in [-0.1, -0.05) is 12.1 Å². The molecule has 0 spiro atoms. The van der Waals surface area contributed by atoms with Gasteiger partial charge in [-0.2, -0.15) is 0 Å². The summed E-state index contributed by atoms with van der Waals surface area (Å²) < 4.78 is 4.99. The van der Waals surface area contributed by atoms with Crippen LogP contribution in [0.2, 0.25) is 0 Å². The molecule has 140 valence electrons. The lowest BCUT2D eigenvalue weighted by molar-refractivity contribution is -0.117. The van der Waals surface area contributed by atoms with E-state index in [1.807, 2.05) is 12.1 Å². The van der Waals surface area contributed by atoms with E-state index < -0.39 is 5.91 Å². The second-order valence-electron chi connectivity index (χ2n) is 5.04. The van der Waals surface area contributed by atoms with Gasteiger partial charge in [0.15, 0.2) is 5.96 Å². The number of aliphatic imine (C=N–C) groups is 1. The average Bonchev–Trinajstić information content (AvgIpc) is 2.59. The molecule has 0 fully saturated rings. The van der Waals surface area contributed by atoms with Gasteiger partial charge in [0, 0.05) is 39.4 Å². The quantitative estimate of drug-likeness (QED) is 0.181. The molecule has 0 bridgehead atoms. The molecule has 0 unspecified atom stereocenters. The molecule has 8 nitrogen and oxygen atoms in total. The number of ether oxygens (including phenoxy) is 1. The summed E-state index contributed by atoms with van der Waals surface area (Å²) in [6.07, 6.45) is 0.895. The molecule has 0 atom stereocenters. The van der Waals surface area contributed by atoms with Crippen molar-refractivity contribution in [3.05, 3.63) is 35.4 Å². The zero-order valence-corrected chi connectivity index (χ0v) is 16.8. The molecule has 5 N–H and O–H groups in total. The van der Waals surface area contributed by atoms with Gasteiger partial charge in [0.1, 0.15) is 0 Å². The lowest BCUT2D eigenvalue weighted by atomic mass is 10.1. The second-order valence-corrected chi connectivity index (χ2v) is 5.04. The van der Waals surface area contributed by atoms with E-state index in [9.17, 15) is 9.59 Å². The number of hydrogen-bond donors (Lipinski definition) is 4. The maximum atomic E-state index is 11.8. The number of hydrogen-bond acceptors (Lipinski definition) is 4. The molecule has 0 radical (unpaired) electrons. The molecule has 0 heterocycles. The highest BCUT2D eigenvalue weighted by Gasteiger charge is 2.06. The van der Waals surface area contributed by atoms with Gasteiger partial charge in [-0.05, 0) is 24.1 Å². The van der Waals surface area contributed by atoms with Crippen molar-refractivity contribution in [3.63, 3.8) is 0 Å². The van der Waals surface area contributed by atoms with E-state index in [0.717, 1.165) is 18.5 Å². The summed E-state index contributed by atoms with van der Waals surface area (Å²) in [6, 6.07) is 7.07. The van der Waals surface area contributed by atoms with Crippen molar-refractivity contribution in [2.45, 2.75) is 13.0 Å². The number of nitrogens with zero attached hydrogens (tertiary/aromatic N) is 1. The van der Waals surface area contributed by atoms with Crippen LogP contribution in [0.15, 0.2) is 29.3 Å².